The van der Waals surface area contributed by atoms with Gasteiger partial charge in [0.2, 0.25) is 5.91 Å². The monoisotopic (exact) mass is 504 g/mol. The van der Waals surface area contributed by atoms with Crippen LogP contribution in [0.2, 0.25) is 0 Å². The van der Waals surface area contributed by atoms with E-state index in [4.69, 9.17) is 4.74 Å². The fourth-order valence-electron chi connectivity index (χ4n) is 3.98. The van der Waals surface area contributed by atoms with Gasteiger partial charge in [0.05, 0.1) is 28.9 Å². The molecule has 0 aliphatic rings. The molecule has 2 N–H and O–H groups in total. The Labute approximate surface area is 212 Å². The molecule has 1 unspecified atom stereocenters. The van der Waals surface area contributed by atoms with Crippen LogP contribution < -0.4 is 20.9 Å². The van der Waals surface area contributed by atoms with Crippen molar-refractivity contribution in [3.8, 4) is 5.75 Å². The Morgan fingerprint density at radius 1 is 1.08 bits per heavy atom. The first-order chi connectivity index (χ1) is 17.2. The van der Waals surface area contributed by atoms with Crippen molar-refractivity contribution in [2.24, 2.45) is 0 Å². The largest absolute Gasteiger partial charge is 0.492 e. The van der Waals surface area contributed by atoms with E-state index in [0.29, 0.717) is 44.4 Å². The summed E-state index contributed by atoms with van der Waals surface area (Å²) in [5.41, 5.74) is 3.46. The van der Waals surface area contributed by atoms with Gasteiger partial charge in [0, 0.05) is 5.69 Å². The summed E-state index contributed by atoms with van der Waals surface area (Å²) in [5, 5.41) is 6.10. The summed E-state index contributed by atoms with van der Waals surface area (Å²) in [6.07, 6.45) is 1.35. The lowest BCUT2D eigenvalue weighted by Gasteiger charge is -2.16. The first-order valence-corrected chi connectivity index (χ1v) is 12.4. The average Bonchev–Trinajstić information content (AvgIpc) is 3.19. The zero-order valence-electron chi connectivity index (χ0n) is 20.8. The molecule has 1 atom stereocenters. The minimum absolute atomic E-state index is 0.299. The van der Waals surface area contributed by atoms with Crippen LogP contribution in [0.25, 0.3) is 10.2 Å². The number of aromatic nitrogens is 2. The summed E-state index contributed by atoms with van der Waals surface area (Å²) < 4.78 is 6.85. The highest BCUT2D eigenvalue weighted by molar-refractivity contribution is 7.20. The van der Waals surface area contributed by atoms with Crippen LogP contribution in [0.1, 0.15) is 46.3 Å². The van der Waals surface area contributed by atoms with Crippen LogP contribution in [0.5, 0.6) is 5.75 Å². The molecular formula is C27H28N4O4S. The Kier molecular flexibility index (Phi) is 7.21. The molecule has 4 aromatic rings. The molecule has 2 heterocycles. The topological polar surface area (TPSA) is 102 Å². The van der Waals surface area contributed by atoms with Gasteiger partial charge in [-0.3, -0.25) is 19.0 Å². The number of fused-ring (bicyclic) bond motifs is 1. The highest BCUT2D eigenvalue weighted by Gasteiger charge is 2.24. The second-order valence-electron chi connectivity index (χ2n) is 8.56. The summed E-state index contributed by atoms with van der Waals surface area (Å²) in [6.45, 7) is 9.60. The van der Waals surface area contributed by atoms with Gasteiger partial charge in [-0.25, -0.2) is 4.98 Å². The zero-order valence-corrected chi connectivity index (χ0v) is 21.7. The Morgan fingerprint density at radius 3 is 2.56 bits per heavy atom. The summed E-state index contributed by atoms with van der Waals surface area (Å²) in [7, 11) is 0. The summed E-state index contributed by atoms with van der Waals surface area (Å²) in [5.74, 6) is -0.132. The van der Waals surface area contributed by atoms with Gasteiger partial charge in [-0.2, -0.15) is 0 Å². The summed E-state index contributed by atoms with van der Waals surface area (Å²) >= 11 is 1.16. The number of benzene rings is 2. The summed E-state index contributed by atoms with van der Waals surface area (Å²) in [6, 6.07) is 12.1. The Bertz CT molecular complexity index is 1520. The molecule has 2 amide bonds. The number of nitrogens with one attached hydrogen (secondary N) is 2. The van der Waals surface area contributed by atoms with Crippen LogP contribution in [0.4, 0.5) is 11.4 Å². The van der Waals surface area contributed by atoms with Crippen molar-refractivity contribution in [1.29, 1.82) is 0 Å². The first kappa shape index (κ1) is 25.1. The third kappa shape index (κ3) is 4.87. The number of anilines is 2. The highest BCUT2D eigenvalue weighted by Crippen LogP contribution is 2.29. The number of hydrogen-bond donors (Lipinski definition) is 2. The van der Waals surface area contributed by atoms with Gasteiger partial charge in [0.25, 0.3) is 11.5 Å². The van der Waals surface area contributed by atoms with Gasteiger partial charge in [0.15, 0.2) is 0 Å². The zero-order chi connectivity index (χ0) is 26.0. The third-order valence-electron chi connectivity index (χ3n) is 5.95. The number of amides is 2. The van der Waals surface area contributed by atoms with Crippen LogP contribution in [-0.2, 0) is 4.79 Å². The van der Waals surface area contributed by atoms with Crippen LogP contribution in [-0.4, -0.2) is 28.0 Å². The molecule has 0 aliphatic carbocycles. The van der Waals surface area contributed by atoms with E-state index in [2.05, 4.69) is 15.6 Å². The van der Waals surface area contributed by atoms with Gasteiger partial charge in [-0.15, -0.1) is 11.3 Å². The van der Waals surface area contributed by atoms with E-state index in [0.717, 1.165) is 22.5 Å². The molecular weight excluding hydrogens is 476 g/mol. The predicted octanol–water partition coefficient (Wildman–Crippen LogP) is 5.23. The lowest BCUT2D eigenvalue weighted by atomic mass is 10.1. The smallest absolute Gasteiger partial charge is 0.266 e. The fourth-order valence-corrected chi connectivity index (χ4v) is 5.01. The number of nitrogens with zero attached hydrogens (tertiary/aromatic N) is 2. The fraction of sp³-hybridized carbons (Fsp3) is 0.259. The molecule has 0 saturated heterocycles. The normalized spacial score (nSPS) is 11.8. The molecule has 8 nitrogen and oxygen atoms in total. The Balaban J connectivity index is 1.62. The van der Waals surface area contributed by atoms with Crippen molar-refractivity contribution < 1.29 is 14.3 Å². The lowest BCUT2D eigenvalue weighted by molar-refractivity contribution is -0.118. The Morgan fingerprint density at radius 2 is 1.83 bits per heavy atom. The van der Waals surface area contributed by atoms with Crippen LogP contribution in [0, 0.1) is 20.8 Å². The number of rotatable bonds is 7. The van der Waals surface area contributed by atoms with Crippen molar-refractivity contribution in [3.63, 3.8) is 0 Å². The minimum atomic E-state index is -0.837. The van der Waals surface area contributed by atoms with E-state index in [-0.39, 0.29) is 17.4 Å². The quantitative estimate of drug-likeness (QED) is 0.359. The maximum absolute atomic E-state index is 13.4. The Hall–Kier alpha value is -3.98. The molecule has 0 bridgehead atoms. The number of thiophene rings is 1. The second-order valence-corrected chi connectivity index (χ2v) is 9.56. The number of hydrogen-bond acceptors (Lipinski definition) is 6. The van der Waals surface area contributed by atoms with Gasteiger partial charge >= 0.3 is 0 Å². The SMILES string of the molecule is CCOc1ccccc1NC(=O)C(C)n1cnc2sc(C(=O)Nc3ccc(C)cc3C)c(C)c2c1=O. The van der Waals surface area contributed by atoms with Crippen molar-refractivity contribution >= 4 is 44.7 Å². The van der Waals surface area contributed by atoms with E-state index < -0.39 is 6.04 Å². The molecule has 9 heteroatoms. The number of aryl methyl sites for hydroxylation is 3. The molecule has 0 spiro atoms. The molecule has 186 valence electrons. The molecule has 0 radical (unpaired) electrons. The molecule has 2 aromatic carbocycles. The van der Waals surface area contributed by atoms with Crippen molar-refractivity contribution in [1.82, 2.24) is 9.55 Å². The predicted molar refractivity (Wildman–Crippen MR) is 143 cm³/mol. The van der Waals surface area contributed by atoms with Crippen LogP contribution >= 0.6 is 11.3 Å². The van der Waals surface area contributed by atoms with Gasteiger partial charge < -0.3 is 15.4 Å². The number of carbonyl (C=O) groups is 2. The standard InChI is InChI=1S/C27H28N4O4S/c1-6-35-21-10-8-7-9-20(21)30-24(32)18(5)31-14-28-26-22(27(31)34)17(4)23(36-26)25(33)29-19-12-11-15(2)13-16(19)3/h7-14,18H,6H2,1-5H3,(H,29,33)(H,30,32). The van der Waals surface area contributed by atoms with Gasteiger partial charge in [0.1, 0.15) is 16.6 Å². The maximum Gasteiger partial charge on any atom is 0.266 e. The second kappa shape index (κ2) is 10.3. The van der Waals surface area contributed by atoms with Crippen molar-refractivity contribution in [2.75, 3.05) is 17.2 Å². The van der Waals surface area contributed by atoms with Gasteiger partial charge in [-0.1, -0.05) is 29.8 Å². The van der Waals surface area contributed by atoms with E-state index in [1.807, 2.05) is 45.0 Å². The average molecular weight is 505 g/mol. The van der Waals surface area contributed by atoms with Gasteiger partial charge in [-0.05, 0) is 63.9 Å². The van der Waals surface area contributed by atoms with Crippen LogP contribution in [0.3, 0.4) is 0 Å². The third-order valence-corrected chi connectivity index (χ3v) is 7.15. The van der Waals surface area contributed by atoms with Crippen molar-refractivity contribution in [3.05, 3.63) is 80.7 Å². The summed E-state index contributed by atoms with van der Waals surface area (Å²) in [4.78, 5) is 44.7. The van der Waals surface area contributed by atoms with Crippen molar-refractivity contribution in [2.45, 2.75) is 40.7 Å². The molecule has 36 heavy (non-hydrogen) atoms. The highest BCUT2D eigenvalue weighted by atomic mass is 32.1. The van der Waals surface area contributed by atoms with E-state index in [9.17, 15) is 14.4 Å². The molecule has 0 aliphatic heterocycles. The van der Waals surface area contributed by atoms with E-state index in [1.54, 1.807) is 32.0 Å². The van der Waals surface area contributed by atoms with E-state index >= 15 is 0 Å². The van der Waals surface area contributed by atoms with E-state index in [1.165, 1.54) is 10.9 Å². The molecule has 4 rings (SSSR count). The maximum atomic E-state index is 13.4. The number of ether oxygens (including phenoxy) is 1. The number of para-hydroxylation sites is 2. The lowest BCUT2D eigenvalue weighted by Crippen LogP contribution is -2.32. The first-order valence-electron chi connectivity index (χ1n) is 11.6. The minimum Gasteiger partial charge on any atom is -0.492 e. The molecule has 2 aromatic heterocycles. The molecule has 0 saturated carbocycles. The van der Waals surface area contributed by atoms with Crippen LogP contribution in [0.15, 0.2) is 53.6 Å². The number of carbonyl (C=O) groups excluding carboxylic acids is 2. The molecule has 0 fully saturated rings.